The molecule has 0 saturated heterocycles. The lowest BCUT2D eigenvalue weighted by Gasteiger charge is -2.26. The van der Waals surface area contributed by atoms with Crippen molar-refractivity contribution in [2.75, 3.05) is 31.7 Å². The van der Waals surface area contributed by atoms with Gasteiger partial charge in [0, 0.05) is 19.0 Å². The first-order chi connectivity index (χ1) is 16.0. The number of carboxylic acid groups (broad SMARTS) is 1. The number of aliphatic carboxylic acids is 1. The first kappa shape index (κ1) is 24.6. The number of nitrogens with one attached hydrogen (secondary N) is 1. The van der Waals surface area contributed by atoms with Gasteiger partial charge in [0.15, 0.2) is 0 Å². The van der Waals surface area contributed by atoms with Gasteiger partial charge in [-0.2, -0.15) is 11.8 Å². The summed E-state index contributed by atoms with van der Waals surface area (Å²) in [7, 11) is 0. The number of amides is 2. The zero-order chi connectivity index (χ0) is 23.8. The van der Waals surface area contributed by atoms with Gasteiger partial charge in [0.05, 0.1) is 6.42 Å². The predicted molar refractivity (Wildman–Crippen MR) is 129 cm³/mol. The van der Waals surface area contributed by atoms with Crippen LogP contribution in [-0.4, -0.2) is 65.7 Å². The molecule has 2 aromatic rings. The highest BCUT2D eigenvalue weighted by Gasteiger charge is 2.30. The zero-order valence-corrected chi connectivity index (χ0v) is 19.8. The van der Waals surface area contributed by atoms with Gasteiger partial charge in [0.2, 0.25) is 5.91 Å². The van der Waals surface area contributed by atoms with Crippen molar-refractivity contribution in [2.45, 2.75) is 31.7 Å². The van der Waals surface area contributed by atoms with E-state index in [4.69, 9.17) is 9.84 Å². The molecule has 0 heterocycles. The number of rotatable bonds is 11. The summed E-state index contributed by atoms with van der Waals surface area (Å²) in [5.74, 6) is -0.643. The van der Waals surface area contributed by atoms with Crippen LogP contribution in [0.4, 0.5) is 4.79 Å². The molecule has 1 atom stereocenters. The third kappa shape index (κ3) is 6.07. The quantitative estimate of drug-likeness (QED) is 0.516. The first-order valence-corrected chi connectivity index (χ1v) is 12.5. The SMILES string of the molecule is CCN(CCC(=O)O)C(=O)[C@H](CCSC)NC(=O)OCC1c2ccccc2-c2ccccc21. The third-order valence-electron chi connectivity index (χ3n) is 5.83. The molecular weight excluding hydrogens is 440 g/mol. The van der Waals surface area contributed by atoms with Crippen molar-refractivity contribution < 1.29 is 24.2 Å². The van der Waals surface area contributed by atoms with Crippen molar-refractivity contribution in [1.82, 2.24) is 10.2 Å². The van der Waals surface area contributed by atoms with Crippen molar-refractivity contribution >= 4 is 29.7 Å². The molecule has 7 nitrogen and oxygen atoms in total. The van der Waals surface area contributed by atoms with E-state index in [0.29, 0.717) is 18.7 Å². The van der Waals surface area contributed by atoms with E-state index in [1.54, 1.807) is 18.7 Å². The van der Waals surface area contributed by atoms with Gasteiger partial charge < -0.3 is 20.1 Å². The topological polar surface area (TPSA) is 95.9 Å². The Kier molecular flexibility index (Phi) is 8.77. The molecule has 8 heteroatoms. The fourth-order valence-electron chi connectivity index (χ4n) is 4.15. The number of likely N-dealkylation sites (N-methyl/N-ethyl adjacent to an activating group) is 1. The highest BCUT2D eigenvalue weighted by molar-refractivity contribution is 7.98. The first-order valence-electron chi connectivity index (χ1n) is 11.1. The number of thioether (sulfide) groups is 1. The van der Waals surface area contributed by atoms with Crippen LogP contribution in [0.1, 0.15) is 36.8 Å². The minimum Gasteiger partial charge on any atom is -0.481 e. The Morgan fingerprint density at radius 2 is 1.70 bits per heavy atom. The van der Waals surface area contributed by atoms with Crippen molar-refractivity contribution in [2.24, 2.45) is 0 Å². The average Bonchev–Trinajstić information content (AvgIpc) is 3.14. The molecule has 0 saturated carbocycles. The van der Waals surface area contributed by atoms with Crippen molar-refractivity contribution in [3.05, 3.63) is 59.7 Å². The molecule has 1 aliphatic carbocycles. The van der Waals surface area contributed by atoms with Crippen LogP contribution in [0, 0.1) is 0 Å². The van der Waals surface area contributed by atoms with Gasteiger partial charge in [0.25, 0.3) is 0 Å². The Balaban J connectivity index is 1.66. The smallest absolute Gasteiger partial charge is 0.407 e. The summed E-state index contributed by atoms with van der Waals surface area (Å²) in [5.41, 5.74) is 4.53. The van der Waals surface area contributed by atoms with Crippen LogP contribution in [0.3, 0.4) is 0 Å². The number of ether oxygens (including phenoxy) is 1. The highest BCUT2D eigenvalue weighted by atomic mass is 32.2. The van der Waals surface area contributed by atoms with Gasteiger partial charge in [-0.15, -0.1) is 0 Å². The van der Waals surface area contributed by atoms with E-state index in [1.165, 1.54) is 4.90 Å². The molecular formula is C25H30N2O5S. The van der Waals surface area contributed by atoms with Crippen LogP contribution < -0.4 is 5.32 Å². The Labute approximate surface area is 198 Å². The van der Waals surface area contributed by atoms with Gasteiger partial charge >= 0.3 is 12.1 Å². The Morgan fingerprint density at radius 3 is 2.24 bits per heavy atom. The zero-order valence-electron chi connectivity index (χ0n) is 19.0. The molecule has 0 aliphatic heterocycles. The number of carbonyl (C=O) groups is 3. The number of carbonyl (C=O) groups excluding carboxylic acids is 2. The second kappa shape index (κ2) is 11.7. The van der Waals surface area contributed by atoms with Gasteiger partial charge in [-0.05, 0) is 47.6 Å². The largest absolute Gasteiger partial charge is 0.481 e. The standard InChI is InChI=1S/C25H30N2O5S/c1-3-27(14-12-23(28)29)24(30)22(13-15-33-2)26-25(31)32-16-21-19-10-6-4-8-17(19)18-9-5-7-11-20(18)21/h4-11,21-22H,3,12-16H2,1-2H3,(H,26,31)(H,28,29)/t22-/m0/s1. The van der Waals surface area contributed by atoms with Crippen LogP contribution in [0.15, 0.2) is 48.5 Å². The molecule has 1 aliphatic rings. The van der Waals surface area contributed by atoms with Crippen LogP contribution in [0.5, 0.6) is 0 Å². The van der Waals surface area contributed by atoms with Gasteiger partial charge in [-0.3, -0.25) is 9.59 Å². The number of nitrogens with zero attached hydrogens (tertiary/aromatic N) is 1. The maximum atomic E-state index is 13.0. The Morgan fingerprint density at radius 1 is 1.09 bits per heavy atom. The van der Waals surface area contributed by atoms with Crippen molar-refractivity contribution in [3.63, 3.8) is 0 Å². The van der Waals surface area contributed by atoms with Crippen molar-refractivity contribution in [3.8, 4) is 11.1 Å². The molecule has 176 valence electrons. The fourth-order valence-corrected chi connectivity index (χ4v) is 4.62. The second-order valence-electron chi connectivity index (χ2n) is 7.87. The lowest BCUT2D eigenvalue weighted by molar-refractivity contribution is -0.139. The van der Waals surface area contributed by atoms with E-state index < -0.39 is 18.1 Å². The van der Waals surface area contributed by atoms with E-state index >= 15 is 0 Å². The number of hydrogen-bond acceptors (Lipinski definition) is 5. The minimum absolute atomic E-state index is 0.0637. The van der Waals surface area contributed by atoms with E-state index in [-0.39, 0.29) is 31.4 Å². The van der Waals surface area contributed by atoms with Gasteiger partial charge in [-0.25, -0.2) is 4.79 Å². The van der Waals surface area contributed by atoms with Crippen LogP contribution in [-0.2, 0) is 14.3 Å². The second-order valence-corrected chi connectivity index (χ2v) is 8.85. The summed E-state index contributed by atoms with van der Waals surface area (Å²) < 4.78 is 5.59. The molecule has 2 N–H and O–H groups in total. The summed E-state index contributed by atoms with van der Waals surface area (Å²) >= 11 is 1.57. The third-order valence-corrected chi connectivity index (χ3v) is 6.48. The molecule has 33 heavy (non-hydrogen) atoms. The monoisotopic (exact) mass is 470 g/mol. The maximum absolute atomic E-state index is 13.0. The van der Waals surface area contributed by atoms with Gasteiger partial charge in [0.1, 0.15) is 12.6 Å². The van der Waals surface area contributed by atoms with E-state index in [1.807, 2.05) is 42.7 Å². The molecule has 0 aromatic heterocycles. The molecule has 0 fully saturated rings. The summed E-state index contributed by atoms with van der Waals surface area (Å²) in [6.45, 7) is 2.43. The highest BCUT2D eigenvalue weighted by Crippen LogP contribution is 2.44. The van der Waals surface area contributed by atoms with Crippen molar-refractivity contribution in [1.29, 1.82) is 0 Å². The summed E-state index contributed by atoms with van der Waals surface area (Å²) in [6.07, 6.45) is 1.58. The fraction of sp³-hybridized carbons (Fsp3) is 0.400. The summed E-state index contributed by atoms with van der Waals surface area (Å²) in [5, 5.41) is 11.7. The Hall–Kier alpha value is -3.00. The van der Waals surface area contributed by atoms with Gasteiger partial charge in [-0.1, -0.05) is 48.5 Å². The number of carboxylic acids is 1. The molecule has 0 spiro atoms. The Bertz CT molecular complexity index is 951. The molecule has 0 bridgehead atoms. The lowest BCUT2D eigenvalue weighted by atomic mass is 9.98. The summed E-state index contributed by atoms with van der Waals surface area (Å²) in [6, 6.07) is 15.4. The normalized spacial score (nSPS) is 13.0. The molecule has 0 unspecified atom stereocenters. The molecule has 0 radical (unpaired) electrons. The van der Waals surface area contributed by atoms with E-state index in [0.717, 1.165) is 22.3 Å². The number of benzene rings is 2. The number of hydrogen-bond donors (Lipinski definition) is 2. The average molecular weight is 471 g/mol. The van der Waals surface area contributed by atoms with Crippen LogP contribution in [0.25, 0.3) is 11.1 Å². The number of alkyl carbamates (subject to hydrolysis) is 1. The molecule has 2 amide bonds. The number of fused-ring (bicyclic) bond motifs is 3. The van der Waals surface area contributed by atoms with Crippen LogP contribution in [0.2, 0.25) is 0 Å². The minimum atomic E-state index is -0.966. The summed E-state index contributed by atoms with van der Waals surface area (Å²) in [4.78, 5) is 38.0. The van der Waals surface area contributed by atoms with Crippen LogP contribution >= 0.6 is 11.8 Å². The van der Waals surface area contributed by atoms with E-state index in [2.05, 4.69) is 17.4 Å². The molecule has 2 aromatic carbocycles. The maximum Gasteiger partial charge on any atom is 0.407 e. The predicted octanol–water partition coefficient (Wildman–Crippen LogP) is 3.97. The van der Waals surface area contributed by atoms with E-state index in [9.17, 15) is 14.4 Å². The molecule has 3 rings (SSSR count). The lowest BCUT2D eigenvalue weighted by Crippen LogP contribution is -2.49.